The number of nitrogens with one attached hydrogen (secondary N) is 1. The average Bonchev–Trinajstić information content (AvgIpc) is 3.40. The highest BCUT2D eigenvalue weighted by atomic mass is 32.2. The first-order chi connectivity index (χ1) is 16.0. The normalized spacial score (nSPS) is 14.8. The minimum absolute atomic E-state index is 0.0299. The molecule has 2 heterocycles. The van der Waals surface area contributed by atoms with Gasteiger partial charge in [-0.05, 0) is 23.9 Å². The van der Waals surface area contributed by atoms with E-state index in [1.807, 2.05) is 30.3 Å². The lowest BCUT2D eigenvalue weighted by atomic mass is 10.2. The van der Waals surface area contributed by atoms with Gasteiger partial charge in [-0.2, -0.15) is 0 Å². The first-order valence-corrected chi connectivity index (χ1v) is 11.1. The van der Waals surface area contributed by atoms with E-state index in [0.717, 1.165) is 22.2 Å². The van der Waals surface area contributed by atoms with Gasteiger partial charge in [-0.15, -0.1) is 0 Å². The summed E-state index contributed by atoms with van der Waals surface area (Å²) in [5.41, 5.74) is 1.14. The third-order valence-electron chi connectivity index (χ3n) is 4.90. The number of imide groups is 1. The van der Waals surface area contributed by atoms with E-state index >= 15 is 0 Å². The van der Waals surface area contributed by atoms with E-state index in [9.17, 15) is 18.8 Å². The van der Waals surface area contributed by atoms with Crippen molar-refractivity contribution in [3.8, 4) is 11.3 Å². The zero-order chi connectivity index (χ0) is 23.2. The second-order valence-electron chi connectivity index (χ2n) is 7.19. The molecule has 1 aliphatic heterocycles. The molecule has 0 radical (unpaired) electrons. The van der Waals surface area contributed by atoms with Gasteiger partial charge in [0.05, 0.1) is 11.1 Å². The molecule has 1 aromatic heterocycles. The lowest BCUT2D eigenvalue weighted by Gasteiger charge is -2.12. The van der Waals surface area contributed by atoms with Gasteiger partial charge >= 0.3 is 0 Å². The van der Waals surface area contributed by atoms with E-state index in [2.05, 4.69) is 10.3 Å². The van der Waals surface area contributed by atoms with Crippen LogP contribution in [-0.4, -0.2) is 40.0 Å². The zero-order valence-electron chi connectivity index (χ0n) is 17.5. The van der Waals surface area contributed by atoms with Gasteiger partial charge in [-0.3, -0.25) is 19.3 Å². The van der Waals surface area contributed by atoms with Crippen LogP contribution in [0.1, 0.15) is 17.9 Å². The van der Waals surface area contributed by atoms with Crippen LogP contribution in [0.2, 0.25) is 0 Å². The molecular weight excluding hydrogens is 445 g/mol. The van der Waals surface area contributed by atoms with Gasteiger partial charge in [0.2, 0.25) is 5.91 Å². The topological polar surface area (TPSA) is 92.5 Å². The highest BCUT2D eigenvalue weighted by molar-refractivity contribution is 8.18. The van der Waals surface area contributed by atoms with Crippen molar-refractivity contribution in [2.45, 2.75) is 12.8 Å². The SMILES string of the molecule is O=C(CCc1ncc(-c2ccccc2)o1)NCCN1C(=O)S/C(=C\c2ccccc2F)C1=O. The minimum atomic E-state index is -0.504. The first-order valence-electron chi connectivity index (χ1n) is 10.3. The van der Waals surface area contributed by atoms with Crippen LogP contribution in [0, 0.1) is 5.82 Å². The second kappa shape index (κ2) is 10.3. The van der Waals surface area contributed by atoms with Crippen molar-refractivity contribution in [1.29, 1.82) is 0 Å². The van der Waals surface area contributed by atoms with E-state index in [4.69, 9.17) is 4.42 Å². The molecule has 0 bridgehead atoms. The van der Waals surface area contributed by atoms with Gasteiger partial charge in [-0.1, -0.05) is 48.5 Å². The quantitative estimate of drug-likeness (QED) is 0.500. The summed E-state index contributed by atoms with van der Waals surface area (Å²) in [5.74, 6) is -0.139. The summed E-state index contributed by atoms with van der Waals surface area (Å²) in [6.07, 6.45) is 3.46. The molecule has 4 rings (SSSR count). The van der Waals surface area contributed by atoms with Crippen molar-refractivity contribution in [2.75, 3.05) is 13.1 Å². The predicted molar refractivity (Wildman–Crippen MR) is 122 cm³/mol. The number of thioether (sulfide) groups is 1. The predicted octanol–water partition coefficient (Wildman–Crippen LogP) is 4.27. The monoisotopic (exact) mass is 465 g/mol. The molecule has 0 spiro atoms. The number of hydrogen-bond acceptors (Lipinski definition) is 6. The number of carbonyl (C=O) groups is 3. The second-order valence-corrected chi connectivity index (χ2v) is 8.18. The van der Waals surface area contributed by atoms with Gasteiger partial charge in [0.25, 0.3) is 11.1 Å². The van der Waals surface area contributed by atoms with Crippen LogP contribution >= 0.6 is 11.8 Å². The summed E-state index contributed by atoms with van der Waals surface area (Å²) >= 11 is 0.751. The summed E-state index contributed by atoms with van der Waals surface area (Å²) in [7, 11) is 0. The van der Waals surface area contributed by atoms with E-state index in [-0.39, 0.29) is 35.9 Å². The van der Waals surface area contributed by atoms with Gasteiger partial charge in [-0.25, -0.2) is 9.37 Å². The fourth-order valence-corrected chi connectivity index (χ4v) is 4.06. The number of aryl methyl sites for hydroxylation is 1. The smallest absolute Gasteiger partial charge is 0.293 e. The Morgan fingerprint density at radius 1 is 1.12 bits per heavy atom. The lowest BCUT2D eigenvalue weighted by molar-refractivity contribution is -0.124. The molecule has 3 aromatic rings. The summed E-state index contributed by atoms with van der Waals surface area (Å²) in [6.45, 7) is 0.146. The molecule has 0 atom stereocenters. The Morgan fingerprint density at radius 2 is 1.88 bits per heavy atom. The molecule has 1 aliphatic rings. The average molecular weight is 466 g/mol. The number of benzene rings is 2. The first kappa shape index (κ1) is 22.5. The highest BCUT2D eigenvalue weighted by Crippen LogP contribution is 2.32. The van der Waals surface area contributed by atoms with E-state index < -0.39 is 17.0 Å². The fourth-order valence-electron chi connectivity index (χ4n) is 3.20. The molecule has 1 N–H and O–H groups in total. The maximum absolute atomic E-state index is 13.8. The van der Waals surface area contributed by atoms with E-state index in [0.29, 0.717) is 18.1 Å². The van der Waals surface area contributed by atoms with Crippen LogP contribution < -0.4 is 5.32 Å². The van der Waals surface area contributed by atoms with Crippen LogP contribution in [0.5, 0.6) is 0 Å². The Hall–Kier alpha value is -3.72. The fraction of sp³-hybridized carbons (Fsp3) is 0.167. The van der Waals surface area contributed by atoms with Crippen molar-refractivity contribution in [3.05, 3.63) is 83.0 Å². The summed E-state index contributed by atoms with van der Waals surface area (Å²) < 4.78 is 19.5. The Balaban J connectivity index is 1.24. The van der Waals surface area contributed by atoms with E-state index in [1.54, 1.807) is 18.3 Å². The minimum Gasteiger partial charge on any atom is -0.441 e. The number of amides is 3. The highest BCUT2D eigenvalue weighted by Gasteiger charge is 2.34. The van der Waals surface area contributed by atoms with Crippen LogP contribution in [-0.2, 0) is 16.0 Å². The Bertz CT molecular complexity index is 1210. The molecule has 33 heavy (non-hydrogen) atoms. The third kappa shape index (κ3) is 5.56. The Labute approximate surface area is 193 Å². The number of carbonyl (C=O) groups excluding carboxylic acids is 3. The molecule has 0 aliphatic carbocycles. The Morgan fingerprint density at radius 3 is 2.67 bits per heavy atom. The largest absolute Gasteiger partial charge is 0.441 e. The summed E-state index contributed by atoms with van der Waals surface area (Å²) in [6, 6.07) is 15.5. The van der Waals surface area contributed by atoms with Crippen molar-refractivity contribution >= 4 is 34.9 Å². The number of oxazole rings is 1. The molecule has 7 nitrogen and oxygen atoms in total. The Kier molecular flexibility index (Phi) is 6.99. The summed E-state index contributed by atoms with van der Waals surface area (Å²) in [5, 5.41) is 2.24. The number of hydrogen-bond donors (Lipinski definition) is 1. The van der Waals surface area contributed by atoms with Crippen LogP contribution in [0.3, 0.4) is 0 Å². The van der Waals surface area contributed by atoms with Crippen molar-refractivity contribution in [1.82, 2.24) is 15.2 Å². The van der Waals surface area contributed by atoms with E-state index in [1.165, 1.54) is 18.2 Å². The number of rotatable bonds is 8. The van der Waals surface area contributed by atoms with Gasteiger partial charge in [0.15, 0.2) is 11.7 Å². The molecule has 3 amide bonds. The van der Waals surface area contributed by atoms with Crippen LogP contribution in [0.4, 0.5) is 9.18 Å². The van der Waals surface area contributed by atoms with Crippen molar-refractivity contribution in [3.63, 3.8) is 0 Å². The molecule has 0 unspecified atom stereocenters. The number of aromatic nitrogens is 1. The van der Waals surface area contributed by atoms with Crippen LogP contribution in [0.15, 0.2) is 70.1 Å². The van der Waals surface area contributed by atoms with Gasteiger partial charge in [0, 0.05) is 37.1 Å². The molecule has 2 aromatic carbocycles. The number of halogens is 1. The maximum Gasteiger partial charge on any atom is 0.293 e. The lowest BCUT2D eigenvalue weighted by Crippen LogP contribution is -2.37. The van der Waals surface area contributed by atoms with Gasteiger partial charge in [0.1, 0.15) is 5.82 Å². The molecule has 9 heteroatoms. The van der Waals surface area contributed by atoms with Crippen molar-refractivity contribution in [2.24, 2.45) is 0 Å². The molecule has 1 saturated heterocycles. The molecule has 1 fully saturated rings. The van der Waals surface area contributed by atoms with Crippen molar-refractivity contribution < 1.29 is 23.2 Å². The van der Waals surface area contributed by atoms with Crippen LogP contribution in [0.25, 0.3) is 17.4 Å². The molecule has 168 valence electrons. The maximum atomic E-state index is 13.8. The molecule has 0 saturated carbocycles. The van der Waals surface area contributed by atoms with Gasteiger partial charge < -0.3 is 9.73 Å². The zero-order valence-corrected chi connectivity index (χ0v) is 18.3. The third-order valence-corrected chi connectivity index (χ3v) is 5.81. The summed E-state index contributed by atoms with van der Waals surface area (Å²) in [4.78, 5) is 42.2. The number of nitrogens with zero attached hydrogens (tertiary/aromatic N) is 2. The standard InChI is InChI=1S/C24H20FN3O4S/c25-18-9-5-4-8-17(18)14-20-23(30)28(24(31)33-20)13-12-26-21(29)10-11-22-27-15-19(32-22)16-6-2-1-3-7-16/h1-9,14-15H,10-13H2,(H,26,29)/b20-14-. The molecular formula is C24H20FN3O4S.